The third-order valence-corrected chi connectivity index (χ3v) is 6.73. The second-order valence-electron chi connectivity index (χ2n) is 9.36. The zero-order valence-electron chi connectivity index (χ0n) is 20.7. The zero-order valence-corrected chi connectivity index (χ0v) is 20.7. The van der Waals surface area contributed by atoms with Crippen LogP contribution in [0.1, 0.15) is 40.0 Å². The molecule has 2 aliphatic heterocycles. The number of methoxy groups -OCH3 is 2. The molecule has 34 heavy (non-hydrogen) atoms. The Hall–Kier alpha value is -2.48. The van der Waals surface area contributed by atoms with Crippen molar-refractivity contribution in [1.82, 2.24) is 0 Å². The average Bonchev–Trinajstić information content (AvgIpc) is 3.72. The van der Waals surface area contributed by atoms with Gasteiger partial charge in [-0.1, -0.05) is 48.1 Å². The molecule has 3 rings (SSSR count). The number of hydrogen-bond acceptors (Lipinski definition) is 7. The van der Waals surface area contributed by atoms with E-state index in [0.29, 0.717) is 13.0 Å². The van der Waals surface area contributed by atoms with Crippen LogP contribution in [0.2, 0.25) is 0 Å². The van der Waals surface area contributed by atoms with Crippen LogP contribution in [-0.2, 0) is 33.3 Å². The van der Waals surface area contributed by atoms with Crippen molar-refractivity contribution in [2.75, 3.05) is 20.8 Å². The Morgan fingerprint density at radius 3 is 2.18 bits per heavy atom. The summed E-state index contributed by atoms with van der Waals surface area (Å²) in [5.74, 6) is -0.833. The highest BCUT2D eigenvalue weighted by Gasteiger charge is 2.72. The Bertz CT molecular complexity index is 889. The van der Waals surface area contributed by atoms with E-state index in [9.17, 15) is 9.59 Å². The average molecular weight is 473 g/mol. The molecule has 1 spiro atoms. The molecule has 2 saturated heterocycles. The van der Waals surface area contributed by atoms with Gasteiger partial charge in [-0.25, -0.2) is 9.59 Å². The standard InChI is InChI=1S/C27H36O7/c1-19(2)14-15-21-26(3,34-21)25-24(31-5)20(16-17-27(25)18-32-27)33-23(29)13-11-9-7-6-8-10-12-22(28)30-4/h6-14,20-21,24-25H,15-18H2,1-5H3. The highest BCUT2D eigenvalue weighted by Crippen LogP contribution is 2.59. The molecule has 7 heteroatoms. The third kappa shape index (κ3) is 6.34. The van der Waals surface area contributed by atoms with E-state index in [-0.39, 0.29) is 35.4 Å². The molecule has 0 bridgehead atoms. The highest BCUT2D eigenvalue weighted by atomic mass is 16.6. The zero-order chi connectivity index (χ0) is 24.8. The maximum absolute atomic E-state index is 12.5. The lowest BCUT2D eigenvalue weighted by atomic mass is 9.68. The third-order valence-electron chi connectivity index (χ3n) is 6.73. The van der Waals surface area contributed by atoms with Crippen LogP contribution in [0.3, 0.4) is 0 Å². The number of esters is 2. The molecule has 6 unspecified atom stereocenters. The van der Waals surface area contributed by atoms with E-state index in [2.05, 4.69) is 31.6 Å². The molecule has 3 fully saturated rings. The van der Waals surface area contributed by atoms with Crippen molar-refractivity contribution in [2.24, 2.45) is 5.92 Å². The highest BCUT2D eigenvalue weighted by molar-refractivity contribution is 5.82. The minimum absolute atomic E-state index is 0.000769. The van der Waals surface area contributed by atoms with Gasteiger partial charge in [-0.2, -0.15) is 0 Å². The van der Waals surface area contributed by atoms with E-state index in [1.807, 2.05) is 0 Å². The lowest BCUT2D eigenvalue weighted by Crippen LogP contribution is -2.55. The second kappa shape index (κ2) is 11.3. The van der Waals surface area contributed by atoms with Gasteiger partial charge in [0, 0.05) is 19.3 Å². The van der Waals surface area contributed by atoms with Crippen molar-refractivity contribution in [2.45, 2.75) is 69.5 Å². The normalized spacial score (nSPS) is 34.9. The van der Waals surface area contributed by atoms with Gasteiger partial charge < -0.3 is 23.7 Å². The summed E-state index contributed by atoms with van der Waals surface area (Å²) >= 11 is 0. The first-order chi connectivity index (χ1) is 16.3. The van der Waals surface area contributed by atoms with Crippen molar-refractivity contribution in [3.63, 3.8) is 0 Å². The molecule has 0 aromatic rings. The summed E-state index contributed by atoms with van der Waals surface area (Å²) in [6.45, 7) is 6.99. The minimum Gasteiger partial charge on any atom is -0.466 e. The van der Waals surface area contributed by atoms with E-state index in [0.717, 1.165) is 12.8 Å². The van der Waals surface area contributed by atoms with Crippen LogP contribution in [0, 0.1) is 5.92 Å². The Balaban J connectivity index is 1.57. The number of ether oxygens (including phenoxy) is 5. The first-order valence-electron chi connectivity index (χ1n) is 11.7. The molecule has 6 atom stereocenters. The molecule has 1 saturated carbocycles. The monoisotopic (exact) mass is 472 g/mol. The predicted octanol–water partition coefficient (Wildman–Crippen LogP) is 4.00. The summed E-state index contributed by atoms with van der Waals surface area (Å²) in [7, 11) is 2.99. The van der Waals surface area contributed by atoms with E-state index >= 15 is 0 Å². The van der Waals surface area contributed by atoms with Crippen molar-refractivity contribution in [3.8, 4) is 0 Å². The van der Waals surface area contributed by atoms with Crippen molar-refractivity contribution >= 4 is 11.9 Å². The first kappa shape index (κ1) is 26.1. The SMILES string of the molecule is COC(=O)C=CC=CC=CC=CC(=O)OC1CCC2(CO2)C(C2(C)OC2CC=C(C)C)C1OC. The van der Waals surface area contributed by atoms with E-state index in [1.54, 1.807) is 43.6 Å². The minimum atomic E-state index is -0.416. The van der Waals surface area contributed by atoms with Crippen LogP contribution in [0.15, 0.2) is 60.3 Å². The summed E-state index contributed by atoms with van der Waals surface area (Å²) in [4.78, 5) is 23.4. The summed E-state index contributed by atoms with van der Waals surface area (Å²) < 4.78 is 28.3. The van der Waals surface area contributed by atoms with Gasteiger partial charge in [0.1, 0.15) is 23.4 Å². The van der Waals surface area contributed by atoms with Crippen LogP contribution < -0.4 is 0 Å². The van der Waals surface area contributed by atoms with E-state index in [4.69, 9.17) is 18.9 Å². The summed E-state index contributed by atoms with van der Waals surface area (Å²) in [5, 5.41) is 0. The fourth-order valence-corrected chi connectivity index (χ4v) is 4.85. The Kier molecular flexibility index (Phi) is 8.68. The van der Waals surface area contributed by atoms with Gasteiger partial charge in [0.15, 0.2) is 0 Å². The lowest BCUT2D eigenvalue weighted by molar-refractivity contribution is -0.166. The Morgan fingerprint density at radius 2 is 1.62 bits per heavy atom. The fraction of sp³-hybridized carbons (Fsp3) is 0.556. The Labute approximate surface area is 202 Å². The molecule has 0 radical (unpaired) electrons. The van der Waals surface area contributed by atoms with Crippen LogP contribution in [-0.4, -0.2) is 62.3 Å². The molecule has 0 N–H and O–H groups in total. The molecular formula is C27H36O7. The molecule has 0 amide bonds. The van der Waals surface area contributed by atoms with Gasteiger partial charge >= 0.3 is 11.9 Å². The van der Waals surface area contributed by atoms with Gasteiger partial charge in [-0.3, -0.25) is 0 Å². The smallest absolute Gasteiger partial charge is 0.331 e. The molecule has 1 aliphatic carbocycles. The van der Waals surface area contributed by atoms with Crippen molar-refractivity contribution in [1.29, 1.82) is 0 Å². The quantitative estimate of drug-likeness (QED) is 0.156. The van der Waals surface area contributed by atoms with E-state index in [1.165, 1.54) is 24.8 Å². The molecule has 2 heterocycles. The number of carbonyl (C=O) groups is 2. The lowest BCUT2D eigenvalue weighted by Gasteiger charge is -2.42. The molecule has 3 aliphatic rings. The number of carbonyl (C=O) groups excluding carboxylic acids is 2. The van der Waals surface area contributed by atoms with E-state index < -0.39 is 11.9 Å². The Morgan fingerprint density at radius 1 is 1.00 bits per heavy atom. The van der Waals surface area contributed by atoms with Crippen LogP contribution in [0.5, 0.6) is 0 Å². The number of epoxide rings is 2. The maximum Gasteiger partial charge on any atom is 0.331 e. The van der Waals surface area contributed by atoms with Crippen LogP contribution >= 0.6 is 0 Å². The predicted molar refractivity (Wildman–Crippen MR) is 128 cm³/mol. The number of rotatable bonds is 10. The molecule has 0 aromatic carbocycles. The van der Waals surface area contributed by atoms with Gasteiger partial charge in [-0.15, -0.1) is 0 Å². The molecule has 186 valence electrons. The molecule has 7 nitrogen and oxygen atoms in total. The largest absolute Gasteiger partial charge is 0.466 e. The molecule has 0 aromatic heterocycles. The maximum atomic E-state index is 12.5. The first-order valence-corrected chi connectivity index (χ1v) is 11.7. The second-order valence-corrected chi connectivity index (χ2v) is 9.36. The summed E-state index contributed by atoms with van der Waals surface area (Å²) in [6, 6.07) is 0. The van der Waals surface area contributed by atoms with Crippen LogP contribution in [0.25, 0.3) is 0 Å². The number of hydrogen-bond donors (Lipinski definition) is 0. The number of allylic oxidation sites excluding steroid dienone is 7. The summed E-state index contributed by atoms with van der Waals surface area (Å²) in [5.41, 5.74) is 0.662. The topological polar surface area (TPSA) is 86.9 Å². The fourth-order valence-electron chi connectivity index (χ4n) is 4.85. The molecular weight excluding hydrogens is 436 g/mol. The van der Waals surface area contributed by atoms with Gasteiger partial charge in [0.25, 0.3) is 0 Å². The van der Waals surface area contributed by atoms with Gasteiger partial charge in [0.2, 0.25) is 0 Å². The van der Waals surface area contributed by atoms with Crippen LogP contribution in [0.4, 0.5) is 0 Å². The van der Waals surface area contributed by atoms with Gasteiger partial charge in [-0.05, 0) is 40.0 Å². The van der Waals surface area contributed by atoms with Crippen molar-refractivity contribution in [3.05, 3.63) is 60.3 Å². The van der Waals surface area contributed by atoms with Crippen molar-refractivity contribution < 1.29 is 33.3 Å². The van der Waals surface area contributed by atoms with Gasteiger partial charge in [0.05, 0.1) is 25.7 Å². The summed E-state index contributed by atoms with van der Waals surface area (Å²) in [6.07, 6.45) is 16.8.